The number of hydrogen-bond donors (Lipinski definition) is 3. The Labute approximate surface area is 176 Å². The predicted molar refractivity (Wildman–Crippen MR) is 112 cm³/mol. The fraction of sp³-hybridized carbons (Fsp3) is 0.955. The van der Waals surface area contributed by atoms with E-state index < -0.39 is 30.6 Å². The van der Waals surface area contributed by atoms with Crippen LogP contribution in [0.3, 0.4) is 0 Å². The molecule has 0 amide bonds. The molecule has 7 nitrogen and oxygen atoms in total. The molecular formula is C22H43NO6. The van der Waals surface area contributed by atoms with Crippen LogP contribution in [0, 0.1) is 0 Å². The van der Waals surface area contributed by atoms with Gasteiger partial charge in [0.15, 0.2) is 6.29 Å². The Hall–Kier alpha value is -0.730. The lowest BCUT2D eigenvalue weighted by Crippen LogP contribution is -2.62. The molecule has 7 heteroatoms. The van der Waals surface area contributed by atoms with Gasteiger partial charge in [0.05, 0.1) is 6.04 Å². The minimum Gasteiger partial charge on any atom is -0.463 e. The van der Waals surface area contributed by atoms with Crippen LogP contribution in [0.1, 0.15) is 90.9 Å². The van der Waals surface area contributed by atoms with Crippen molar-refractivity contribution in [3.63, 3.8) is 0 Å². The van der Waals surface area contributed by atoms with Gasteiger partial charge in [-0.1, -0.05) is 71.6 Å². The van der Waals surface area contributed by atoms with E-state index in [1.807, 2.05) is 6.92 Å². The van der Waals surface area contributed by atoms with Crippen molar-refractivity contribution in [2.75, 3.05) is 13.2 Å². The van der Waals surface area contributed by atoms with Gasteiger partial charge in [0.2, 0.25) is 0 Å². The second kappa shape index (κ2) is 16.0. The summed E-state index contributed by atoms with van der Waals surface area (Å²) in [5.74, 6) is -0.309. The van der Waals surface area contributed by atoms with Crippen LogP contribution in [0.25, 0.3) is 0 Å². The topological polar surface area (TPSA) is 111 Å². The fourth-order valence-electron chi connectivity index (χ4n) is 3.41. The lowest BCUT2D eigenvalue weighted by Gasteiger charge is -2.40. The van der Waals surface area contributed by atoms with Gasteiger partial charge in [0.1, 0.15) is 24.9 Å². The van der Waals surface area contributed by atoms with E-state index in [0.29, 0.717) is 13.0 Å². The standard InChI is InChI=1S/C22H43NO6/c1-3-5-7-8-9-10-11-12-13-14-18(24)28-16-17-20(25)21(26)19(23)22(29-17)27-15-6-4-2/h17,19-22,25-26H,3-16,23H2,1-2H3/t17-,19-,20-,21-,22-/m1/s1. The Balaban J connectivity index is 2.19. The highest BCUT2D eigenvalue weighted by Gasteiger charge is 2.43. The first kappa shape index (κ1) is 26.3. The van der Waals surface area contributed by atoms with Crippen molar-refractivity contribution < 1.29 is 29.2 Å². The lowest BCUT2D eigenvalue weighted by atomic mass is 9.98. The Morgan fingerprint density at radius 3 is 2.10 bits per heavy atom. The molecule has 1 heterocycles. The summed E-state index contributed by atoms with van der Waals surface area (Å²) in [5.41, 5.74) is 5.89. The third kappa shape index (κ3) is 10.7. The van der Waals surface area contributed by atoms with E-state index in [1.54, 1.807) is 0 Å². The molecule has 0 radical (unpaired) electrons. The zero-order valence-corrected chi connectivity index (χ0v) is 18.4. The summed E-state index contributed by atoms with van der Waals surface area (Å²) in [5, 5.41) is 20.3. The predicted octanol–water partition coefficient (Wildman–Crippen LogP) is 3.04. The van der Waals surface area contributed by atoms with Gasteiger partial charge in [-0.05, 0) is 12.8 Å². The zero-order chi connectivity index (χ0) is 21.5. The third-order valence-corrected chi connectivity index (χ3v) is 5.42. The van der Waals surface area contributed by atoms with E-state index in [1.165, 1.54) is 38.5 Å². The van der Waals surface area contributed by atoms with Crippen LogP contribution in [0.15, 0.2) is 0 Å². The summed E-state index contributed by atoms with van der Waals surface area (Å²) in [6, 6.07) is -0.837. The second-order valence-electron chi connectivity index (χ2n) is 8.09. The average Bonchev–Trinajstić information content (AvgIpc) is 2.71. The van der Waals surface area contributed by atoms with Crippen LogP contribution in [0.4, 0.5) is 0 Å². The summed E-state index contributed by atoms with van der Waals surface area (Å²) in [6.45, 7) is 4.61. The molecule has 0 bridgehead atoms. The molecule has 0 aliphatic carbocycles. The monoisotopic (exact) mass is 417 g/mol. The Kier molecular flexibility index (Phi) is 14.5. The van der Waals surface area contributed by atoms with Crippen molar-refractivity contribution in [1.29, 1.82) is 0 Å². The zero-order valence-electron chi connectivity index (χ0n) is 18.4. The van der Waals surface area contributed by atoms with Gasteiger partial charge >= 0.3 is 5.97 Å². The molecule has 1 aliphatic heterocycles. The molecule has 1 saturated heterocycles. The van der Waals surface area contributed by atoms with Crippen LogP contribution in [0.2, 0.25) is 0 Å². The molecule has 0 aromatic heterocycles. The van der Waals surface area contributed by atoms with Gasteiger partial charge in [-0.15, -0.1) is 0 Å². The molecule has 0 aromatic rings. The van der Waals surface area contributed by atoms with Crippen molar-refractivity contribution >= 4 is 5.97 Å². The highest BCUT2D eigenvalue weighted by molar-refractivity contribution is 5.69. The number of aliphatic hydroxyl groups excluding tert-OH is 2. The van der Waals surface area contributed by atoms with Crippen LogP contribution in [-0.4, -0.2) is 60.0 Å². The molecular weight excluding hydrogens is 374 g/mol. The highest BCUT2D eigenvalue weighted by Crippen LogP contribution is 2.22. The number of carbonyl (C=O) groups is 1. The smallest absolute Gasteiger partial charge is 0.305 e. The van der Waals surface area contributed by atoms with Crippen molar-refractivity contribution in [1.82, 2.24) is 0 Å². The molecule has 1 rings (SSSR count). The normalized spacial score (nSPS) is 27.1. The number of esters is 1. The molecule has 1 fully saturated rings. The van der Waals surface area contributed by atoms with E-state index in [4.69, 9.17) is 19.9 Å². The van der Waals surface area contributed by atoms with E-state index in [9.17, 15) is 15.0 Å². The molecule has 29 heavy (non-hydrogen) atoms. The molecule has 1 aliphatic rings. The number of nitrogens with two attached hydrogens (primary N) is 1. The molecule has 0 unspecified atom stereocenters. The van der Waals surface area contributed by atoms with Gasteiger partial charge in [0.25, 0.3) is 0 Å². The average molecular weight is 418 g/mol. The molecule has 0 spiro atoms. The van der Waals surface area contributed by atoms with E-state index in [2.05, 4.69) is 6.92 Å². The van der Waals surface area contributed by atoms with Gasteiger partial charge in [-0.2, -0.15) is 0 Å². The van der Waals surface area contributed by atoms with Gasteiger partial charge < -0.3 is 30.2 Å². The molecule has 172 valence electrons. The quantitative estimate of drug-likeness (QED) is 0.261. The SMILES string of the molecule is CCCCCCCCCCCC(=O)OC[C@H]1O[C@@H](OCCCC)[C@H](N)[C@@H](O)[C@@H]1O. The summed E-state index contributed by atoms with van der Waals surface area (Å²) >= 11 is 0. The van der Waals surface area contributed by atoms with Crippen LogP contribution in [0.5, 0.6) is 0 Å². The maximum Gasteiger partial charge on any atom is 0.305 e. The summed E-state index contributed by atoms with van der Waals surface area (Å²) in [4.78, 5) is 12.0. The second-order valence-corrected chi connectivity index (χ2v) is 8.09. The van der Waals surface area contributed by atoms with Crippen molar-refractivity contribution in [3.05, 3.63) is 0 Å². The number of carbonyl (C=O) groups excluding carboxylic acids is 1. The minimum atomic E-state index is -1.21. The van der Waals surface area contributed by atoms with Crippen molar-refractivity contribution in [3.8, 4) is 0 Å². The van der Waals surface area contributed by atoms with Crippen LogP contribution < -0.4 is 5.73 Å². The Morgan fingerprint density at radius 2 is 1.48 bits per heavy atom. The van der Waals surface area contributed by atoms with Crippen molar-refractivity contribution in [2.45, 2.75) is 122 Å². The first-order chi connectivity index (χ1) is 14.0. The van der Waals surface area contributed by atoms with E-state index in [0.717, 1.165) is 32.1 Å². The molecule has 0 saturated carbocycles. The van der Waals surface area contributed by atoms with Crippen molar-refractivity contribution in [2.24, 2.45) is 5.73 Å². The summed E-state index contributed by atoms with van der Waals surface area (Å²) in [7, 11) is 0. The highest BCUT2D eigenvalue weighted by atomic mass is 16.7. The fourth-order valence-corrected chi connectivity index (χ4v) is 3.41. The Morgan fingerprint density at radius 1 is 0.897 bits per heavy atom. The number of hydrogen-bond acceptors (Lipinski definition) is 7. The number of unbranched alkanes of at least 4 members (excludes halogenated alkanes) is 9. The minimum absolute atomic E-state index is 0.116. The number of aliphatic hydroxyl groups is 2. The van der Waals surface area contributed by atoms with Crippen LogP contribution >= 0.6 is 0 Å². The van der Waals surface area contributed by atoms with E-state index in [-0.39, 0.29) is 12.6 Å². The van der Waals surface area contributed by atoms with Gasteiger partial charge in [-0.25, -0.2) is 0 Å². The number of rotatable bonds is 16. The largest absolute Gasteiger partial charge is 0.463 e. The van der Waals surface area contributed by atoms with Gasteiger partial charge in [0, 0.05) is 13.0 Å². The third-order valence-electron chi connectivity index (χ3n) is 5.42. The number of ether oxygens (including phenoxy) is 3. The van der Waals surface area contributed by atoms with Crippen LogP contribution in [-0.2, 0) is 19.0 Å². The lowest BCUT2D eigenvalue weighted by molar-refractivity contribution is -0.267. The maximum atomic E-state index is 12.0. The first-order valence-corrected chi connectivity index (χ1v) is 11.6. The van der Waals surface area contributed by atoms with Gasteiger partial charge in [-0.3, -0.25) is 4.79 Å². The Bertz CT molecular complexity index is 422. The molecule has 5 atom stereocenters. The van der Waals surface area contributed by atoms with E-state index >= 15 is 0 Å². The first-order valence-electron chi connectivity index (χ1n) is 11.6. The summed E-state index contributed by atoms with van der Waals surface area (Å²) in [6.07, 6.45) is 8.79. The maximum absolute atomic E-state index is 12.0. The summed E-state index contributed by atoms with van der Waals surface area (Å²) < 4.78 is 16.5. The molecule has 4 N–H and O–H groups in total. The molecule has 0 aromatic carbocycles.